The Morgan fingerprint density at radius 1 is 0.207 bits per heavy atom. The Balaban J connectivity index is 0.000000105. The number of hydrogen-bond acceptors (Lipinski definition) is 0. The van der Waals surface area contributed by atoms with Crippen LogP contribution in [0, 0.1) is 41.5 Å². The minimum absolute atomic E-state index is 0.558. The van der Waals surface area contributed by atoms with Gasteiger partial charge in [-0.2, -0.15) is 0 Å². The summed E-state index contributed by atoms with van der Waals surface area (Å²) >= 11 is 0. The summed E-state index contributed by atoms with van der Waals surface area (Å²) in [5.41, 5.74) is 16.4. The molecule has 1 aliphatic carbocycles. The van der Waals surface area contributed by atoms with Crippen molar-refractivity contribution in [2.75, 3.05) is 0 Å². The Kier molecular flexibility index (Phi) is 19.1. The highest BCUT2D eigenvalue weighted by molar-refractivity contribution is 6.23. The maximum absolute atomic E-state index is 2.28. The van der Waals surface area contributed by atoms with Crippen LogP contribution in [0.4, 0.5) is 0 Å². The molecule has 0 unspecified atom stereocenters. The van der Waals surface area contributed by atoms with E-state index in [9.17, 15) is 0 Å². The van der Waals surface area contributed by atoms with Crippen LogP contribution in [0.2, 0.25) is 0 Å². The molecule has 1 aliphatic rings. The standard InChI is InChI=1S/C17H12.2C15H12.C14H12.C13H12.C11H10.C7H8/c1-11-5-6-14-8-7-12-3-2-4-13-9-10-15(11)17(14)16(12)13;1-11-14-8-4-2-6-12(14)10-13-7-3-5-9-15(11)13;1-11-10-12-6-2-3-8-14(12)15-9-5-4-7-13(11)15;1-10-11-6-2-4-8-13(11)14-9-5-3-7-12(10)14;1-11-7-9-13(10-8-11)12-5-3-2-4-6-12;1-9-5-4-7-10-6-2-3-8-11(9)10;1-7-5-3-2-4-6-7/h2-10H,1H3;2*2-10H,1H3;2-10H,1H3;2-10H,1H3;2-8H,1H3;2-6H,1H3. The fraction of sp³-hybridized carbons (Fsp3) is 0.0870. The second-order valence-electron chi connectivity index (χ2n) is 24.2. The molecule has 0 aromatic heterocycles. The average molecular weight is 1180 g/mol. The van der Waals surface area contributed by atoms with Crippen LogP contribution in [0.25, 0.3) is 108 Å². The van der Waals surface area contributed by atoms with Crippen molar-refractivity contribution in [3.05, 3.63) is 384 Å². The average Bonchev–Trinajstić information content (AvgIpc) is 0.820. The van der Waals surface area contributed by atoms with Crippen LogP contribution in [0.5, 0.6) is 0 Å². The van der Waals surface area contributed by atoms with Crippen LogP contribution in [0.1, 0.15) is 57.3 Å². The molecule has 0 atom stereocenters. The van der Waals surface area contributed by atoms with E-state index in [1.54, 1.807) is 0 Å². The predicted molar refractivity (Wildman–Crippen MR) is 403 cm³/mol. The monoisotopic (exact) mass is 1180 g/mol. The molecule has 17 aromatic carbocycles. The Bertz CT molecular complexity index is 5150. The third-order valence-corrected chi connectivity index (χ3v) is 18.0. The van der Waals surface area contributed by atoms with Crippen LogP contribution in [-0.2, 0) is 0 Å². The maximum Gasteiger partial charge on any atom is 0.00733 e. The Morgan fingerprint density at radius 3 is 1.17 bits per heavy atom. The van der Waals surface area contributed by atoms with Gasteiger partial charge in [0.1, 0.15) is 0 Å². The molecule has 0 heteroatoms. The van der Waals surface area contributed by atoms with E-state index in [1.807, 2.05) is 24.3 Å². The first kappa shape index (κ1) is 61.3. The van der Waals surface area contributed by atoms with E-state index < -0.39 is 0 Å². The minimum Gasteiger partial charge on any atom is -0.0622 e. The molecule has 0 radical (unpaired) electrons. The summed E-state index contributed by atoms with van der Waals surface area (Å²) in [7, 11) is 0. The minimum atomic E-state index is 0.558. The van der Waals surface area contributed by atoms with Gasteiger partial charge in [0.05, 0.1) is 0 Å². The molecule has 0 fully saturated rings. The lowest BCUT2D eigenvalue weighted by atomic mass is 9.92. The Morgan fingerprint density at radius 2 is 0.598 bits per heavy atom. The van der Waals surface area contributed by atoms with Gasteiger partial charge in [-0.05, 0) is 189 Å². The Hall–Kier alpha value is -10.9. The molecule has 0 bridgehead atoms. The van der Waals surface area contributed by atoms with Gasteiger partial charge in [0.2, 0.25) is 0 Å². The topological polar surface area (TPSA) is 0 Å². The molecule has 0 spiro atoms. The summed E-state index contributed by atoms with van der Waals surface area (Å²) in [5.74, 6) is 0.558. The quantitative estimate of drug-likeness (QED) is 0.114. The summed E-state index contributed by atoms with van der Waals surface area (Å²) in [4.78, 5) is 0. The number of fused-ring (bicyclic) bond motifs is 9. The van der Waals surface area contributed by atoms with Gasteiger partial charge in [0, 0.05) is 5.92 Å². The van der Waals surface area contributed by atoms with Crippen molar-refractivity contribution in [2.45, 2.75) is 54.4 Å². The normalized spacial score (nSPS) is 11.2. The fourth-order valence-corrected chi connectivity index (χ4v) is 13.1. The van der Waals surface area contributed by atoms with E-state index in [4.69, 9.17) is 0 Å². The van der Waals surface area contributed by atoms with Crippen molar-refractivity contribution >= 4 is 86.2 Å². The van der Waals surface area contributed by atoms with Crippen molar-refractivity contribution in [2.24, 2.45) is 0 Å². The first-order chi connectivity index (χ1) is 45.1. The van der Waals surface area contributed by atoms with Crippen LogP contribution < -0.4 is 0 Å². The second kappa shape index (κ2) is 28.7. The summed E-state index contributed by atoms with van der Waals surface area (Å²) in [5, 5.41) is 21.7. The summed E-state index contributed by atoms with van der Waals surface area (Å²) in [6, 6.07) is 120. The maximum atomic E-state index is 2.28. The molecule has 0 nitrogen and oxygen atoms in total. The van der Waals surface area contributed by atoms with Crippen molar-refractivity contribution in [1.82, 2.24) is 0 Å². The largest absolute Gasteiger partial charge is 0.0622 e. The zero-order valence-electron chi connectivity index (χ0n) is 53.9. The molecular formula is C92H78. The fourth-order valence-electron chi connectivity index (χ4n) is 13.1. The molecule has 0 N–H and O–H groups in total. The van der Waals surface area contributed by atoms with Crippen molar-refractivity contribution < 1.29 is 0 Å². The summed E-state index contributed by atoms with van der Waals surface area (Å²) in [6.45, 7) is 15.2. The second-order valence-corrected chi connectivity index (χ2v) is 24.2. The molecule has 0 aliphatic heterocycles. The van der Waals surface area contributed by atoms with Crippen LogP contribution in [0.15, 0.2) is 340 Å². The van der Waals surface area contributed by atoms with Crippen molar-refractivity contribution in [3.63, 3.8) is 0 Å². The lowest BCUT2D eigenvalue weighted by molar-refractivity contribution is 0.957. The lowest BCUT2D eigenvalue weighted by Gasteiger charge is -2.11. The van der Waals surface area contributed by atoms with E-state index >= 15 is 0 Å². The van der Waals surface area contributed by atoms with Gasteiger partial charge < -0.3 is 0 Å². The molecule has 92 heavy (non-hydrogen) atoms. The van der Waals surface area contributed by atoms with E-state index in [0.717, 1.165) is 0 Å². The number of rotatable bonds is 1. The third kappa shape index (κ3) is 13.8. The smallest absolute Gasteiger partial charge is 0.00733 e. The molecule has 18 rings (SSSR count). The van der Waals surface area contributed by atoms with Gasteiger partial charge >= 0.3 is 0 Å². The summed E-state index contributed by atoms with van der Waals surface area (Å²) in [6.07, 6.45) is 0. The molecule has 0 saturated carbocycles. The SMILES string of the molecule is CC1c2ccccc2-c2ccccc21.Cc1c2ccccc2cc2ccccc12.Cc1cc2ccccc2c2ccccc12.Cc1ccc(-c2ccccc2)cc1.Cc1ccc2ccc3cccc4ccc1c2c34.Cc1cccc2ccccc12.Cc1ccccc1. The predicted octanol–water partition coefficient (Wildman–Crippen LogP) is 26.1. The van der Waals surface area contributed by atoms with E-state index in [0.29, 0.717) is 5.92 Å². The highest BCUT2D eigenvalue weighted by atomic mass is 14.3. The van der Waals surface area contributed by atoms with Gasteiger partial charge in [-0.25, -0.2) is 0 Å². The summed E-state index contributed by atoms with van der Waals surface area (Å²) < 4.78 is 0. The van der Waals surface area contributed by atoms with Gasteiger partial charge in [-0.1, -0.05) is 352 Å². The first-order valence-electron chi connectivity index (χ1n) is 32.2. The highest BCUT2D eigenvalue weighted by Gasteiger charge is 2.23. The number of benzene rings is 17. The molecule has 0 amide bonds. The van der Waals surface area contributed by atoms with Crippen LogP contribution >= 0.6 is 0 Å². The molecule has 446 valence electrons. The molecule has 0 saturated heterocycles. The van der Waals surface area contributed by atoms with Gasteiger partial charge in [-0.3, -0.25) is 0 Å². The number of aryl methyl sites for hydroxylation is 6. The molecule has 17 aromatic rings. The van der Waals surface area contributed by atoms with Gasteiger partial charge in [0.15, 0.2) is 0 Å². The third-order valence-electron chi connectivity index (χ3n) is 18.0. The molecule has 0 heterocycles. The van der Waals surface area contributed by atoms with E-state index in [2.05, 4.69) is 364 Å². The van der Waals surface area contributed by atoms with Gasteiger partial charge in [-0.15, -0.1) is 0 Å². The number of hydrogen-bond donors (Lipinski definition) is 0. The molecular weight excluding hydrogens is 1110 g/mol. The first-order valence-corrected chi connectivity index (χ1v) is 32.2. The van der Waals surface area contributed by atoms with Crippen LogP contribution in [-0.4, -0.2) is 0 Å². The van der Waals surface area contributed by atoms with Crippen molar-refractivity contribution in [1.29, 1.82) is 0 Å². The zero-order chi connectivity index (χ0) is 63.3. The van der Waals surface area contributed by atoms with E-state index in [-0.39, 0.29) is 0 Å². The van der Waals surface area contributed by atoms with Crippen LogP contribution in [0.3, 0.4) is 0 Å². The Labute approximate surface area is 543 Å². The highest BCUT2D eigenvalue weighted by Crippen LogP contribution is 2.44. The van der Waals surface area contributed by atoms with Crippen molar-refractivity contribution in [3.8, 4) is 22.3 Å². The van der Waals surface area contributed by atoms with E-state index in [1.165, 1.54) is 153 Å². The lowest BCUT2D eigenvalue weighted by Crippen LogP contribution is -1.87. The zero-order valence-corrected chi connectivity index (χ0v) is 53.9. The van der Waals surface area contributed by atoms with Gasteiger partial charge in [0.25, 0.3) is 0 Å².